The summed E-state index contributed by atoms with van der Waals surface area (Å²) in [6.07, 6.45) is 3.40. The molecular formula is C12H12N2O3. The molecule has 0 unspecified atom stereocenters. The number of rotatable bonds is 3. The van der Waals surface area contributed by atoms with Crippen molar-refractivity contribution < 1.29 is 14.6 Å². The molecule has 0 saturated heterocycles. The van der Waals surface area contributed by atoms with Crippen LogP contribution in [-0.2, 0) is 0 Å². The molecule has 1 heterocycles. The molecule has 0 atom stereocenters. The lowest BCUT2D eigenvalue weighted by molar-refractivity contribution is 0.0693. The first-order valence-corrected chi connectivity index (χ1v) is 5.04. The zero-order chi connectivity index (χ0) is 12.4. The van der Waals surface area contributed by atoms with E-state index < -0.39 is 5.97 Å². The number of hydrogen-bond acceptors (Lipinski definition) is 3. The fourth-order valence-corrected chi connectivity index (χ4v) is 1.64. The van der Waals surface area contributed by atoms with Gasteiger partial charge in [0.2, 0.25) is 0 Å². The first kappa shape index (κ1) is 11.2. The molecule has 0 saturated carbocycles. The standard InChI is InChI=1S/C12H12N2O3/c1-8-6-13-7-14(8)9-3-4-10(12(15)16)11(5-9)17-2/h3-7H,1-2H3,(H,15,16). The van der Waals surface area contributed by atoms with Crippen molar-refractivity contribution in [2.75, 3.05) is 7.11 Å². The Morgan fingerprint density at radius 2 is 2.24 bits per heavy atom. The normalized spacial score (nSPS) is 10.2. The largest absolute Gasteiger partial charge is 0.496 e. The van der Waals surface area contributed by atoms with Gasteiger partial charge in [0.1, 0.15) is 11.3 Å². The van der Waals surface area contributed by atoms with Gasteiger partial charge in [0.05, 0.1) is 19.1 Å². The molecule has 2 aromatic rings. The maximum atomic E-state index is 10.9. The predicted octanol–water partition coefficient (Wildman–Crippen LogP) is 1.89. The fraction of sp³-hybridized carbons (Fsp3) is 0.167. The van der Waals surface area contributed by atoms with Gasteiger partial charge in [-0.3, -0.25) is 0 Å². The SMILES string of the molecule is COc1cc(-n2cncc2C)ccc1C(=O)O. The number of carboxylic acids is 1. The van der Waals surface area contributed by atoms with E-state index in [0.717, 1.165) is 11.4 Å². The van der Waals surface area contributed by atoms with Crippen molar-refractivity contribution in [1.82, 2.24) is 9.55 Å². The average molecular weight is 232 g/mol. The molecule has 1 aromatic carbocycles. The monoisotopic (exact) mass is 232 g/mol. The minimum Gasteiger partial charge on any atom is -0.496 e. The number of aromatic nitrogens is 2. The summed E-state index contributed by atoms with van der Waals surface area (Å²) < 4.78 is 6.93. The van der Waals surface area contributed by atoms with E-state index in [0.29, 0.717) is 5.75 Å². The Morgan fingerprint density at radius 1 is 1.47 bits per heavy atom. The number of hydrogen-bond donors (Lipinski definition) is 1. The molecular weight excluding hydrogens is 220 g/mol. The van der Waals surface area contributed by atoms with E-state index >= 15 is 0 Å². The van der Waals surface area contributed by atoms with Crippen LogP contribution >= 0.6 is 0 Å². The second kappa shape index (κ2) is 4.29. The van der Waals surface area contributed by atoms with E-state index in [1.807, 2.05) is 11.5 Å². The summed E-state index contributed by atoms with van der Waals surface area (Å²) in [7, 11) is 1.45. The third-order valence-corrected chi connectivity index (χ3v) is 2.52. The first-order chi connectivity index (χ1) is 8.13. The lowest BCUT2D eigenvalue weighted by atomic mass is 10.2. The van der Waals surface area contributed by atoms with Gasteiger partial charge in [-0.05, 0) is 19.1 Å². The van der Waals surface area contributed by atoms with Crippen LogP contribution < -0.4 is 4.74 Å². The highest BCUT2D eigenvalue weighted by atomic mass is 16.5. The third-order valence-electron chi connectivity index (χ3n) is 2.52. The van der Waals surface area contributed by atoms with Gasteiger partial charge in [-0.15, -0.1) is 0 Å². The smallest absolute Gasteiger partial charge is 0.339 e. The van der Waals surface area contributed by atoms with Crippen molar-refractivity contribution in [2.45, 2.75) is 6.92 Å². The van der Waals surface area contributed by atoms with Crippen molar-refractivity contribution in [2.24, 2.45) is 0 Å². The van der Waals surface area contributed by atoms with Crippen molar-refractivity contribution >= 4 is 5.97 Å². The number of carbonyl (C=O) groups is 1. The number of benzene rings is 1. The summed E-state index contributed by atoms with van der Waals surface area (Å²) in [6, 6.07) is 4.93. The first-order valence-electron chi connectivity index (χ1n) is 5.04. The van der Waals surface area contributed by atoms with Crippen LogP contribution in [0.25, 0.3) is 5.69 Å². The Bertz CT molecular complexity index is 561. The molecule has 0 radical (unpaired) electrons. The Balaban J connectivity index is 2.52. The Hall–Kier alpha value is -2.30. The molecule has 0 bridgehead atoms. The van der Waals surface area contributed by atoms with Gasteiger partial charge < -0.3 is 14.4 Å². The lowest BCUT2D eigenvalue weighted by Gasteiger charge is -2.09. The molecule has 5 nitrogen and oxygen atoms in total. The van der Waals surface area contributed by atoms with Crippen LogP contribution in [0.2, 0.25) is 0 Å². The Labute approximate surface area is 98.3 Å². The Morgan fingerprint density at radius 3 is 2.76 bits per heavy atom. The average Bonchev–Trinajstić information content (AvgIpc) is 2.74. The highest BCUT2D eigenvalue weighted by molar-refractivity contribution is 5.91. The van der Waals surface area contributed by atoms with E-state index in [1.165, 1.54) is 13.2 Å². The van der Waals surface area contributed by atoms with E-state index in [-0.39, 0.29) is 5.56 Å². The number of aromatic carboxylic acids is 1. The predicted molar refractivity (Wildman–Crippen MR) is 61.8 cm³/mol. The van der Waals surface area contributed by atoms with Crippen molar-refractivity contribution in [3.63, 3.8) is 0 Å². The molecule has 2 rings (SSSR count). The summed E-state index contributed by atoms with van der Waals surface area (Å²) in [4.78, 5) is 15.0. The van der Waals surface area contributed by atoms with Gasteiger partial charge in [0, 0.05) is 18.0 Å². The maximum absolute atomic E-state index is 10.9. The van der Waals surface area contributed by atoms with Gasteiger partial charge in [0.15, 0.2) is 0 Å². The van der Waals surface area contributed by atoms with E-state index in [1.54, 1.807) is 24.7 Å². The molecule has 0 fully saturated rings. The second-order valence-electron chi connectivity index (χ2n) is 3.59. The van der Waals surface area contributed by atoms with E-state index in [9.17, 15) is 4.79 Å². The van der Waals surface area contributed by atoms with E-state index in [4.69, 9.17) is 9.84 Å². The minimum atomic E-state index is -1.00. The molecule has 0 aliphatic rings. The number of ether oxygens (including phenoxy) is 1. The van der Waals surface area contributed by atoms with Crippen LogP contribution in [0.15, 0.2) is 30.7 Å². The molecule has 5 heteroatoms. The van der Waals surface area contributed by atoms with Crippen molar-refractivity contribution in [1.29, 1.82) is 0 Å². The van der Waals surface area contributed by atoms with Crippen molar-refractivity contribution in [3.8, 4) is 11.4 Å². The molecule has 88 valence electrons. The summed E-state index contributed by atoms with van der Waals surface area (Å²) in [5, 5.41) is 8.97. The lowest BCUT2D eigenvalue weighted by Crippen LogP contribution is -2.02. The summed E-state index contributed by atoms with van der Waals surface area (Å²) in [5.74, 6) is -0.668. The fourth-order valence-electron chi connectivity index (χ4n) is 1.64. The summed E-state index contributed by atoms with van der Waals surface area (Å²) in [6.45, 7) is 1.92. The molecule has 17 heavy (non-hydrogen) atoms. The highest BCUT2D eigenvalue weighted by Crippen LogP contribution is 2.23. The summed E-state index contributed by atoms with van der Waals surface area (Å²) >= 11 is 0. The zero-order valence-corrected chi connectivity index (χ0v) is 9.54. The topological polar surface area (TPSA) is 64.4 Å². The van der Waals surface area contributed by atoms with Gasteiger partial charge in [-0.1, -0.05) is 0 Å². The maximum Gasteiger partial charge on any atom is 0.339 e. The number of aryl methyl sites for hydroxylation is 1. The minimum absolute atomic E-state index is 0.147. The quantitative estimate of drug-likeness (QED) is 0.877. The van der Waals surface area contributed by atoms with Gasteiger partial charge in [-0.25, -0.2) is 9.78 Å². The zero-order valence-electron chi connectivity index (χ0n) is 9.54. The van der Waals surface area contributed by atoms with Crippen LogP contribution in [0.3, 0.4) is 0 Å². The molecule has 0 amide bonds. The van der Waals surface area contributed by atoms with Crippen LogP contribution in [0.4, 0.5) is 0 Å². The number of nitrogens with zero attached hydrogens (tertiary/aromatic N) is 2. The second-order valence-corrected chi connectivity index (χ2v) is 3.59. The molecule has 0 aliphatic heterocycles. The number of methoxy groups -OCH3 is 1. The van der Waals surface area contributed by atoms with Gasteiger partial charge in [0.25, 0.3) is 0 Å². The van der Waals surface area contributed by atoms with Crippen LogP contribution in [-0.4, -0.2) is 27.7 Å². The van der Waals surface area contributed by atoms with Crippen LogP contribution in [0, 0.1) is 6.92 Å². The van der Waals surface area contributed by atoms with Crippen LogP contribution in [0.1, 0.15) is 16.1 Å². The van der Waals surface area contributed by atoms with Crippen LogP contribution in [0.5, 0.6) is 5.75 Å². The van der Waals surface area contributed by atoms with E-state index in [2.05, 4.69) is 4.98 Å². The molecule has 0 aliphatic carbocycles. The summed E-state index contributed by atoms with van der Waals surface area (Å²) in [5.41, 5.74) is 1.94. The highest BCUT2D eigenvalue weighted by Gasteiger charge is 2.12. The number of imidazole rings is 1. The van der Waals surface area contributed by atoms with Crippen molar-refractivity contribution in [3.05, 3.63) is 42.0 Å². The molecule has 1 aromatic heterocycles. The molecule has 1 N–H and O–H groups in total. The number of carboxylic acid groups (broad SMARTS) is 1. The van der Waals surface area contributed by atoms with Gasteiger partial charge >= 0.3 is 5.97 Å². The third kappa shape index (κ3) is 1.99. The Kier molecular flexibility index (Phi) is 2.82. The van der Waals surface area contributed by atoms with Gasteiger partial charge in [-0.2, -0.15) is 0 Å². The molecule has 0 spiro atoms.